The van der Waals surface area contributed by atoms with E-state index in [1.165, 1.54) is 0 Å². The highest BCUT2D eigenvalue weighted by molar-refractivity contribution is 5.93. The standard InChI is InChI=1S/C25H25N3O2/c1-3-10-18(4-2)17-20(15-16-23(29)30)26-25-27-22-14-9-8-13-21(22)24(28-25)19-11-6-5-7-12-19/h3-14,20H,1-2,15-17H2,(H,29,30)(H,26,27,28)/b18-10+. The van der Waals surface area contributed by atoms with E-state index < -0.39 is 5.97 Å². The van der Waals surface area contributed by atoms with Crippen molar-refractivity contribution in [1.82, 2.24) is 9.97 Å². The first-order chi connectivity index (χ1) is 14.6. The van der Waals surface area contributed by atoms with E-state index in [9.17, 15) is 4.79 Å². The van der Waals surface area contributed by atoms with E-state index in [1.807, 2.05) is 60.7 Å². The third kappa shape index (κ3) is 5.41. The fourth-order valence-corrected chi connectivity index (χ4v) is 3.32. The van der Waals surface area contributed by atoms with Crippen LogP contribution in [-0.4, -0.2) is 27.1 Å². The smallest absolute Gasteiger partial charge is 0.303 e. The molecule has 0 bridgehead atoms. The average molecular weight is 399 g/mol. The van der Waals surface area contributed by atoms with Crippen LogP contribution in [0.4, 0.5) is 5.95 Å². The van der Waals surface area contributed by atoms with Crippen molar-refractivity contribution >= 4 is 22.8 Å². The normalized spacial score (nSPS) is 12.3. The highest BCUT2D eigenvalue weighted by Gasteiger charge is 2.16. The van der Waals surface area contributed by atoms with Crippen LogP contribution in [-0.2, 0) is 4.79 Å². The van der Waals surface area contributed by atoms with Crippen molar-refractivity contribution in [2.75, 3.05) is 5.32 Å². The molecule has 0 spiro atoms. The number of fused-ring (bicyclic) bond motifs is 1. The maximum absolute atomic E-state index is 11.1. The van der Waals surface area contributed by atoms with E-state index >= 15 is 0 Å². The van der Waals surface area contributed by atoms with Gasteiger partial charge in [-0.1, -0.05) is 79.9 Å². The van der Waals surface area contributed by atoms with Gasteiger partial charge in [0, 0.05) is 23.4 Å². The molecule has 1 unspecified atom stereocenters. The largest absolute Gasteiger partial charge is 0.481 e. The minimum absolute atomic E-state index is 0.0509. The van der Waals surface area contributed by atoms with E-state index in [1.54, 1.807) is 12.2 Å². The number of nitrogens with zero attached hydrogens (tertiary/aromatic N) is 2. The Bertz CT molecular complexity index is 1070. The number of hydrogen-bond donors (Lipinski definition) is 2. The van der Waals surface area contributed by atoms with Crippen molar-refractivity contribution in [1.29, 1.82) is 0 Å². The summed E-state index contributed by atoms with van der Waals surface area (Å²) in [7, 11) is 0. The molecule has 2 aromatic carbocycles. The van der Waals surface area contributed by atoms with Crippen LogP contribution >= 0.6 is 0 Å². The van der Waals surface area contributed by atoms with Crippen molar-refractivity contribution in [3.63, 3.8) is 0 Å². The van der Waals surface area contributed by atoms with Crippen LogP contribution in [0.25, 0.3) is 22.2 Å². The van der Waals surface area contributed by atoms with E-state index in [2.05, 4.69) is 23.5 Å². The van der Waals surface area contributed by atoms with E-state index in [-0.39, 0.29) is 12.5 Å². The summed E-state index contributed by atoms with van der Waals surface area (Å²) >= 11 is 0. The van der Waals surface area contributed by atoms with Gasteiger partial charge in [-0.3, -0.25) is 4.79 Å². The van der Waals surface area contributed by atoms with Crippen LogP contribution in [0.15, 0.2) is 91.6 Å². The lowest BCUT2D eigenvalue weighted by molar-refractivity contribution is -0.137. The lowest BCUT2D eigenvalue weighted by Crippen LogP contribution is -2.23. The molecule has 1 atom stereocenters. The lowest BCUT2D eigenvalue weighted by atomic mass is 10.0. The molecule has 152 valence electrons. The number of para-hydroxylation sites is 1. The third-order valence-corrected chi connectivity index (χ3v) is 4.77. The number of aromatic nitrogens is 2. The number of carbonyl (C=O) groups is 1. The number of allylic oxidation sites excluding steroid dienone is 3. The summed E-state index contributed by atoms with van der Waals surface area (Å²) in [5.41, 5.74) is 3.64. The Morgan fingerprint density at radius 3 is 2.50 bits per heavy atom. The number of anilines is 1. The second-order valence-corrected chi connectivity index (χ2v) is 6.94. The summed E-state index contributed by atoms with van der Waals surface area (Å²) < 4.78 is 0. The summed E-state index contributed by atoms with van der Waals surface area (Å²) in [6.07, 6.45) is 6.42. The van der Waals surface area contributed by atoms with Crippen LogP contribution in [0, 0.1) is 0 Å². The fraction of sp³-hybridized carbons (Fsp3) is 0.160. The molecular weight excluding hydrogens is 374 g/mol. The number of hydrogen-bond acceptors (Lipinski definition) is 4. The van der Waals surface area contributed by atoms with Gasteiger partial charge < -0.3 is 10.4 Å². The Hall–Kier alpha value is -3.73. The van der Waals surface area contributed by atoms with E-state index in [4.69, 9.17) is 10.1 Å². The molecule has 0 saturated carbocycles. The van der Waals surface area contributed by atoms with Gasteiger partial charge in [0.1, 0.15) is 0 Å². The SMILES string of the molecule is C=C/C=C(\C=C)CC(CCC(=O)O)Nc1nc(-c2ccccc2)c2ccccc2n1. The van der Waals surface area contributed by atoms with Gasteiger partial charge in [-0.2, -0.15) is 0 Å². The van der Waals surface area contributed by atoms with Gasteiger partial charge in [0.15, 0.2) is 0 Å². The monoisotopic (exact) mass is 399 g/mol. The zero-order chi connectivity index (χ0) is 21.3. The summed E-state index contributed by atoms with van der Waals surface area (Å²) in [6, 6.07) is 17.7. The van der Waals surface area contributed by atoms with Gasteiger partial charge in [0.2, 0.25) is 5.95 Å². The molecule has 0 aliphatic rings. The molecule has 1 heterocycles. The summed E-state index contributed by atoms with van der Waals surface area (Å²) in [5.74, 6) is -0.357. The summed E-state index contributed by atoms with van der Waals surface area (Å²) in [5, 5.41) is 13.5. The van der Waals surface area contributed by atoms with Crippen molar-refractivity contribution < 1.29 is 9.90 Å². The Balaban J connectivity index is 1.98. The molecule has 1 aromatic heterocycles. The first kappa shape index (κ1) is 21.0. The van der Waals surface area contributed by atoms with E-state index in [0.717, 1.165) is 27.7 Å². The minimum atomic E-state index is -0.834. The van der Waals surface area contributed by atoms with Gasteiger partial charge in [-0.25, -0.2) is 9.97 Å². The first-order valence-electron chi connectivity index (χ1n) is 9.85. The van der Waals surface area contributed by atoms with Crippen molar-refractivity contribution in [3.05, 3.63) is 91.6 Å². The lowest BCUT2D eigenvalue weighted by Gasteiger charge is -2.19. The van der Waals surface area contributed by atoms with Crippen molar-refractivity contribution in [2.24, 2.45) is 0 Å². The second-order valence-electron chi connectivity index (χ2n) is 6.94. The van der Waals surface area contributed by atoms with Gasteiger partial charge in [0.25, 0.3) is 0 Å². The molecule has 2 N–H and O–H groups in total. The molecule has 3 aromatic rings. The molecule has 0 aliphatic heterocycles. The number of benzene rings is 2. The Labute approximate surface area is 176 Å². The number of aliphatic carboxylic acids is 1. The van der Waals surface area contributed by atoms with Crippen LogP contribution in [0.1, 0.15) is 19.3 Å². The maximum Gasteiger partial charge on any atom is 0.303 e. The Kier molecular flexibility index (Phi) is 7.11. The van der Waals surface area contributed by atoms with Gasteiger partial charge in [-0.15, -0.1) is 0 Å². The Morgan fingerprint density at radius 2 is 1.80 bits per heavy atom. The molecule has 0 fully saturated rings. The zero-order valence-electron chi connectivity index (χ0n) is 16.8. The first-order valence-corrected chi connectivity index (χ1v) is 9.85. The fourth-order valence-electron chi connectivity index (χ4n) is 3.32. The van der Waals surface area contributed by atoms with Gasteiger partial charge in [-0.05, 0) is 24.5 Å². The molecule has 5 nitrogen and oxygen atoms in total. The third-order valence-electron chi connectivity index (χ3n) is 4.77. The van der Waals surface area contributed by atoms with Crippen molar-refractivity contribution in [3.8, 4) is 11.3 Å². The van der Waals surface area contributed by atoms with Crippen LogP contribution in [0.5, 0.6) is 0 Å². The average Bonchev–Trinajstić information content (AvgIpc) is 2.77. The molecule has 0 aliphatic carbocycles. The molecule has 3 rings (SSSR count). The highest BCUT2D eigenvalue weighted by atomic mass is 16.4. The molecular formula is C25H25N3O2. The topological polar surface area (TPSA) is 75.1 Å². The second kappa shape index (κ2) is 10.2. The quantitative estimate of drug-likeness (QED) is 0.432. The van der Waals surface area contributed by atoms with Gasteiger partial charge in [0.05, 0.1) is 11.2 Å². The molecule has 0 saturated heterocycles. The van der Waals surface area contributed by atoms with Crippen LogP contribution in [0.3, 0.4) is 0 Å². The Morgan fingerprint density at radius 1 is 1.07 bits per heavy atom. The molecule has 30 heavy (non-hydrogen) atoms. The predicted octanol–water partition coefficient (Wildman–Crippen LogP) is 5.63. The molecule has 5 heteroatoms. The number of rotatable bonds is 10. The maximum atomic E-state index is 11.1. The highest BCUT2D eigenvalue weighted by Crippen LogP contribution is 2.27. The minimum Gasteiger partial charge on any atom is -0.481 e. The van der Waals surface area contributed by atoms with Crippen LogP contribution in [0.2, 0.25) is 0 Å². The summed E-state index contributed by atoms with van der Waals surface area (Å²) in [4.78, 5) is 20.6. The molecule has 0 amide bonds. The van der Waals surface area contributed by atoms with Crippen LogP contribution < -0.4 is 5.32 Å². The zero-order valence-corrected chi connectivity index (χ0v) is 16.8. The van der Waals surface area contributed by atoms with Gasteiger partial charge >= 0.3 is 5.97 Å². The predicted molar refractivity (Wildman–Crippen MR) is 122 cm³/mol. The van der Waals surface area contributed by atoms with E-state index in [0.29, 0.717) is 18.8 Å². The number of carboxylic acids is 1. The van der Waals surface area contributed by atoms with Crippen molar-refractivity contribution in [2.45, 2.75) is 25.3 Å². The summed E-state index contributed by atoms with van der Waals surface area (Å²) in [6.45, 7) is 7.57. The molecule has 0 radical (unpaired) electrons. The number of nitrogens with one attached hydrogen (secondary N) is 1. The number of carboxylic acid groups (broad SMARTS) is 1.